The molecule has 0 bridgehead atoms. The molecule has 1 N–H and O–H groups in total. The highest BCUT2D eigenvalue weighted by molar-refractivity contribution is 7.18. The van der Waals surface area contributed by atoms with E-state index in [2.05, 4.69) is 65.8 Å². The van der Waals surface area contributed by atoms with E-state index in [-0.39, 0.29) is 12.2 Å². The Labute approximate surface area is 200 Å². The van der Waals surface area contributed by atoms with Crippen molar-refractivity contribution in [1.82, 2.24) is 15.2 Å². The highest BCUT2D eigenvalue weighted by Gasteiger charge is 2.38. The molecule has 3 aliphatic rings. The summed E-state index contributed by atoms with van der Waals surface area (Å²) in [7, 11) is 2.19. The SMILES string of the molecule is CN1CCC(OC(c2cccc(OC3CC4CNCC4C3)c2)c2nc3ccccc3s2)CC1. The predicted molar refractivity (Wildman–Crippen MR) is 133 cm³/mol. The Balaban J connectivity index is 1.26. The number of para-hydroxylation sites is 1. The summed E-state index contributed by atoms with van der Waals surface area (Å²) >= 11 is 1.74. The van der Waals surface area contributed by atoms with Crippen LogP contribution >= 0.6 is 11.3 Å². The van der Waals surface area contributed by atoms with Crippen LogP contribution in [-0.4, -0.2) is 55.3 Å². The normalized spacial score (nSPS) is 27.1. The summed E-state index contributed by atoms with van der Waals surface area (Å²) in [6.07, 6.45) is 4.87. The van der Waals surface area contributed by atoms with Crippen molar-refractivity contribution in [1.29, 1.82) is 0 Å². The number of aromatic nitrogens is 1. The molecule has 3 atom stereocenters. The molecule has 6 rings (SSSR count). The Morgan fingerprint density at radius 1 is 1.00 bits per heavy atom. The molecule has 3 fully saturated rings. The molecule has 174 valence electrons. The number of fused-ring (bicyclic) bond motifs is 2. The van der Waals surface area contributed by atoms with Crippen LogP contribution in [0.25, 0.3) is 10.2 Å². The van der Waals surface area contributed by atoms with Crippen molar-refractivity contribution in [2.45, 2.75) is 44.0 Å². The second-order valence-corrected chi connectivity index (χ2v) is 11.1. The number of ether oxygens (including phenoxy) is 2. The van der Waals surface area contributed by atoms with E-state index in [1.54, 1.807) is 11.3 Å². The van der Waals surface area contributed by atoms with Gasteiger partial charge in [-0.3, -0.25) is 0 Å². The van der Waals surface area contributed by atoms with Gasteiger partial charge in [-0.15, -0.1) is 11.3 Å². The minimum Gasteiger partial charge on any atom is -0.490 e. The maximum Gasteiger partial charge on any atom is 0.135 e. The van der Waals surface area contributed by atoms with Crippen LogP contribution in [0.3, 0.4) is 0 Å². The number of nitrogens with zero attached hydrogens (tertiary/aromatic N) is 2. The summed E-state index contributed by atoms with van der Waals surface area (Å²) in [4.78, 5) is 7.36. The van der Waals surface area contributed by atoms with Gasteiger partial charge in [0.25, 0.3) is 0 Å². The molecule has 2 saturated heterocycles. The Morgan fingerprint density at radius 2 is 1.79 bits per heavy atom. The predicted octanol–water partition coefficient (Wildman–Crippen LogP) is 4.87. The smallest absolute Gasteiger partial charge is 0.135 e. The van der Waals surface area contributed by atoms with E-state index in [9.17, 15) is 0 Å². The lowest BCUT2D eigenvalue weighted by atomic mass is 10.0. The third kappa shape index (κ3) is 4.67. The summed E-state index contributed by atoms with van der Waals surface area (Å²) in [5.74, 6) is 2.52. The van der Waals surface area contributed by atoms with Gasteiger partial charge in [0.2, 0.25) is 0 Å². The fourth-order valence-electron chi connectivity index (χ4n) is 5.75. The highest BCUT2D eigenvalue weighted by atomic mass is 32.1. The van der Waals surface area contributed by atoms with Crippen molar-refractivity contribution in [3.63, 3.8) is 0 Å². The zero-order chi connectivity index (χ0) is 22.2. The molecule has 5 nitrogen and oxygen atoms in total. The van der Waals surface area contributed by atoms with E-state index in [0.717, 1.165) is 85.5 Å². The number of likely N-dealkylation sites (tertiary alicyclic amines) is 1. The van der Waals surface area contributed by atoms with Crippen molar-refractivity contribution in [3.05, 3.63) is 59.1 Å². The Kier molecular flexibility index (Phi) is 6.09. The van der Waals surface area contributed by atoms with E-state index in [1.807, 2.05) is 0 Å². The van der Waals surface area contributed by atoms with E-state index >= 15 is 0 Å². The maximum absolute atomic E-state index is 6.78. The summed E-state index contributed by atoms with van der Waals surface area (Å²) < 4.78 is 14.5. The van der Waals surface area contributed by atoms with E-state index in [4.69, 9.17) is 14.5 Å². The van der Waals surface area contributed by atoms with Crippen molar-refractivity contribution in [3.8, 4) is 5.75 Å². The first kappa shape index (κ1) is 21.5. The first-order chi connectivity index (χ1) is 16.2. The molecule has 1 aliphatic carbocycles. The largest absolute Gasteiger partial charge is 0.490 e. The molecular formula is C27H33N3O2S. The molecule has 33 heavy (non-hydrogen) atoms. The summed E-state index contributed by atoms with van der Waals surface area (Å²) in [5, 5.41) is 4.56. The van der Waals surface area contributed by atoms with Crippen molar-refractivity contribution >= 4 is 21.6 Å². The van der Waals surface area contributed by atoms with Crippen molar-refractivity contribution in [2.75, 3.05) is 33.2 Å². The van der Waals surface area contributed by atoms with Gasteiger partial charge in [0, 0.05) is 13.1 Å². The van der Waals surface area contributed by atoms with Gasteiger partial charge in [0.15, 0.2) is 0 Å². The van der Waals surface area contributed by atoms with Crippen LogP contribution in [0.1, 0.15) is 42.4 Å². The van der Waals surface area contributed by atoms with Gasteiger partial charge >= 0.3 is 0 Å². The minimum atomic E-state index is -0.161. The Morgan fingerprint density at radius 3 is 2.58 bits per heavy atom. The van der Waals surface area contributed by atoms with Crippen LogP contribution in [0, 0.1) is 11.8 Å². The average Bonchev–Trinajstić information content (AvgIpc) is 3.53. The minimum absolute atomic E-state index is 0.161. The third-order valence-electron chi connectivity index (χ3n) is 7.60. The first-order valence-corrected chi connectivity index (χ1v) is 13.2. The van der Waals surface area contributed by atoms with Gasteiger partial charge < -0.3 is 19.7 Å². The van der Waals surface area contributed by atoms with Crippen LogP contribution in [0.2, 0.25) is 0 Å². The fourth-order valence-corrected chi connectivity index (χ4v) is 6.78. The lowest BCUT2D eigenvalue weighted by Crippen LogP contribution is -2.35. The summed E-state index contributed by atoms with van der Waals surface area (Å²) in [6.45, 7) is 4.46. The molecule has 0 amide bonds. The van der Waals surface area contributed by atoms with E-state index in [1.165, 1.54) is 4.70 Å². The molecule has 6 heteroatoms. The molecular weight excluding hydrogens is 430 g/mol. The first-order valence-electron chi connectivity index (χ1n) is 12.4. The van der Waals surface area contributed by atoms with Crippen LogP contribution in [0.15, 0.2) is 48.5 Å². The number of hydrogen-bond acceptors (Lipinski definition) is 6. The molecule has 2 aliphatic heterocycles. The van der Waals surface area contributed by atoms with Crippen molar-refractivity contribution < 1.29 is 9.47 Å². The third-order valence-corrected chi connectivity index (χ3v) is 8.68. The van der Waals surface area contributed by atoms with Crippen LogP contribution in [-0.2, 0) is 4.74 Å². The van der Waals surface area contributed by atoms with Crippen molar-refractivity contribution in [2.24, 2.45) is 11.8 Å². The number of nitrogens with one attached hydrogen (secondary N) is 1. The van der Waals surface area contributed by atoms with Crippen LogP contribution in [0.5, 0.6) is 5.75 Å². The molecule has 3 aromatic rings. The lowest BCUT2D eigenvalue weighted by molar-refractivity contribution is -0.0235. The molecule has 3 unspecified atom stereocenters. The van der Waals surface area contributed by atoms with Gasteiger partial charge in [0.1, 0.15) is 16.9 Å². The summed E-state index contributed by atoms with van der Waals surface area (Å²) in [5.41, 5.74) is 2.19. The average molecular weight is 464 g/mol. The zero-order valence-corrected chi connectivity index (χ0v) is 20.1. The number of benzene rings is 2. The zero-order valence-electron chi connectivity index (χ0n) is 19.3. The van der Waals surface area contributed by atoms with Crippen LogP contribution in [0.4, 0.5) is 0 Å². The van der Waals surface area contributed by atoms with Gasteiger partial charge in [0.05, 0.1) is 22.4 Å². The molecule has 3 heterocycles. The van der Waals surface area contributed by atoms with Crippen LogP contribution < -0.4 is 10.1 Å². The number of hydrogen-bond donors (Lipinski definition) is 1. The van der Waals surface area contributed by atoms with Gasteiger partial charge in [-0.05, 0) is 87.5 Å². The Hall–Kier alpha value is -1.99. The fraction of sp³-hybridized carbons (Fsp3) is 0.519. The second kappa shape index (κ2) is 9.34. The Bertz CT molecular complexity index is 1050. The second-order valence-electron chi connectivity index (χ2n) is 10.0. The lowest BCUT2D eigenvalue weighted by Gasteiger charge is -2.31. The monoisotopic (exact) mass is 463 g/mol. The van der Waals surface area contributed by atoms with Gasteiger partial charge in [-0.2, -0.15) is 0 Å². The molecule has 0 spiro atoms. The molecule has 1 saturated carbocycles. The number of piperidine rings is 1. The van der Waals surface area contributed by atoms with Gasteiger partial charge in [-0.1, -0.05) is 24.3 Å². The summed E-state index contributed by atoms with van der Waals surface area (Å²) in [6, 6.07) is 16.9. The molecule has 1 aromatic heterocycles. The maximum atomic E-state index is 6.78. The quantitative estimate of drug-likeness (QED) is 0.565. The molecule has 2 aromatic carbocycles. The van der Waals surface area contributed by atoms with E-state index in [0.29, 0.717) is 6.10 Å². The topological polar surface area (TPSA) is 46.6 Å². The highest BCUT2D eigenvalue weighted by Crippen LogP contribution is 2.39. The van der Waals surface area contributed by atoms with Gasteiger partial charge in [-0.25, -0.2) is 4.98 Å². The number of rotatable bonds is 6. The standard InChI is InChI=1S/C27H33N3O2S/c1-30-11-9-21(10-12-30)32-26(27-29-24-7-2-3-8-25(24)33-27)18-5-4-6-22(13-18)31-23-14-19-16-28-17-20(19)15-23/h2-8,13,19-21,23,26,28H,9-12,14-17H2,1H3. The molecule has 0 radical (unpaired) electrons. The number of thiazole rings is 1. The van der Waals surface area contributed by atoms with E-state index < -0.39 is 0 Å².